The molecule has 0 bridgehead atoms. The normalized spacial score (nSPS) is 10.3. The van der Waals surface area contributed by atoms with Crippen LogP contribution in [0.15, 0.2) is 53.0 Å². The van der Waals surface area contributed by atoms with Crippen LogP contribution in [-0.4, -0.2) is 26.3 Å². The van der Waals surface area contributed by atoms with Crippen LogP contribution in [0.3, 0.4) is 0 Å². The van der Waals surface area contributed by atoms with E-state index >= 15 is 0 Å². The van der Waals surface area contributed by atoms with Crippen molar-refractivity contribution in [2.45, 2.75) is 0 Å². The van der Waals surface area contributed by atoms with E-state index in [1.54, 1.807) is 47.6 Å². The number of nitrogens with zero attached hydrogens (tertiary/aromatic N) is 3. The fourth-order valence-corrected chi connectivity index (χ4v) is 3.03. The van der Waals surface area contributed by atoms with E-state index in [4.69, 9.17) is 0 Å². The Labute approximate surface area is 143 Å². The number of rotatable bonds is 3. The second-order valence-electron chi connectivity index (χ2n) is 4.39. The molecule has 0 spiro atoms. The molecule has 23 heavy (non-hydrogen) atoms. The minimum absolute atomic E-state index is 0.335. The summed E-state index contributed by atoms with van der Waals surface area (Å²) in [6.45, 7) is 0. The van der Waals surface area contributed by atoms with Gasteiger partial charge in [-0.1, -0.05) is 0 Å². The smallest absolute Gasteiger partial charge is 0.279 e. The van der Waals surface area contributed by atoms with Gasteiger partial charge >= 0.3 is 0 Å². The third-order valence-electron chi connectivity index (χ3n) is 2.87. The zero-order chi connectivity index (χ0) is 16.2. The van der Waals surface area contributed by atoms with Gasteiger partial charge in [0.05, 0.1) is 14.2 Å². The van der Waals surface area contributed by atoms with Crippen molar-refractivity contribution in [3.63, 3.8) is 0 Å². The van der Waals surface area contributed by atoms with Crippen molar-refractivity contribution in [1.82, 2.24) is 25.4 Å². The van der Waals surface area contributed by atoms with Crippen LogP contribution in [0.5, 0.6) is 0 Å². The molecular formula is C14H10BrN5O2S. The number of hydrazine groups is 1. The molecule has 0 saturated heterocycles. The fraction of sp³-hybridized carbons (Fsp3) is 0. The van der Waals surface area contributed by atoms with Crippen molar-refractivity contribution in [2.24, 2.45) is 0 Å². The molecule has 2 N–H and O–H groups in total. The molecular weight excluding hydrogens is 382 g/mol. The third kappa shape index (κ3) is 3.63. The molecule has 0 radical (unpaired) electrons. The minimum atomic E-state index is -0.446. The monoisotopic (exact) mass is 391 g/mol. The van der Waals surface area contributed by atoms with E-state index < -0.39 is 5.91 Å². The number of pyridine rings is 1. The van der Waals surface area contributed by atoms with Crippen molar-refractivity contribution in [1.29, 1.82) is 0 Å². The first-order valence-corrected chi connectivity index (χ1v) is 8.05. The molecule has 0 unspecified atom stereocenters. The summed E-state index contributed by atoms with van der Waals surface area (Å²) in [7, 11) is 0. The first kappa shape index (κ1) is 15.4. The van der Waals surface area contributed by atoms with Crippen molar-refractivity contribution >= 4 is 39.1 Å². The van der Waals surface area contributed by atoms with E-state index in [9.17, 15) is 9.59 Å². The Bertz CT molecular complexity index is 829. The van der Waals surface area contributed by atoms with Crippen molar-refractivity contribution in [3.05, 3.63) is 63.4 Å². The highest BCUT2D eigenvalue weighted by Gasteiger charge is 2.11. The Morgan fingerprint density at radius 1 is 1.13 bits per heavy atom. The maximum absolute atomic E-state index is 12.0. The second-order valence-corrected chi connectivity index (χ2v) is 6.85. The molecule has 0 aliphatic carbocycles. The highest BCUT2D eigenvalue weighted by Crippen LogP contribution is 2.21. The number of halogens is 1. The van der Waals surface area contributed by atoms with Crippen LogP contribution < -0.4 is 10.9 Å². The summed E-state index contributed by atoms with van der Waals surface area (Å²) in [5, 5.41) is 0. The molecule has 0 aliphatic rings. The number of carbonyl (C=O) groups excluding carboxylic acids is 2. The van der Waals surface area contributed by atoms with Crippen LogP contribution >= 0.6 is 27.3 Å². The summed E-state index contributed by atoms with van der Waals surface area (Å²) in [4.78, 5) is 32.4. The number of hydrogen-bond acceptors (Lipinski definition) is 5. The predicted octanol–water partition coefficient (Wildman–Crippen LogP) is 2.17. The standard InChI is InChI=1S/C14H10BrN5O2S/c15-11-3-2-10(23-11)14(22)19-18-13(21)9-1-4-12(17-7-9)20-6-5-16-8-20/h1-8H,(H,18,21)(H,19,22). The lowest BCUT2D eigenvalue weighted by Crippen LogP contribution is -2.41. The summed E-state index contributed by atoms with van der Waals surface area (Å²) in [5.74, 6) is -0.179. The molecule has 3 aromatic heterocycles. The molecule has 0 aliphatic heterocycles. The average molecular weight is 392 g/mol. The molecule has 2 amide bonds. The number of aromatic nitrogens is 3. The molecule has 0 aromatic carbocycles. The highest BCUT2D eigenvalue weighted by atomic mass is 79.9. The molecule has 3 rings (SSSR count). The number of imidazole rings is 1. The predicted molar refractivity (Wildman–Crippen MR) is 88.3 cm³/mol. The first-order valence-electron chi connectivity index (χ1n) is 6.44. The Hall–Kier alpha value is -2.52. The van der Waals surface area contributed by atoms with Gasteiger partial charge in [-0.25, -0.2) is 9.97 Å². The van der Waals surface area contributed by atoms with E-state index in [2.05, 4.69) is 36.7 Å². The number of hydrogen-bond donors (Lipinski definition) is 2. The molecule has 0 atom stereocenters. The molecule has 116 valence electrons. The van der Waals surface area contributed by atoms with Gasteiger partial charge in [-0.05, 0) is 40.2 Å². The lowest BCUT2D eigenvalue weighted by molar-refractivity contribution is 0.0848. The maximum Gasteiger partial charge on any atom is 0.279 e. The third-order valence-corrected chi connectivity index (χ3v) is 4.49. The molecule has 3 heterocycles. The lowest BCUT2D eigenvalue weighted by Gasteiger charge is -2.07. The SMILES string of the molecule is O=C(NNC(=O)c1ccc(Br)s1)c1ccc(-n2ccnc2)nc1. The summed E-state index contributed by atoms with van der Waals surface area (Å²) >= 11 is 4.55. The second kappa shape index (κ2) is 6.71. The van der Waals surface area contributed by atoms with Crippen LogP contribution in [0.4, 0.5) is 0 Å². The molecule has 0 fully saturated rings. The van der Waals surface area contributed by atoms with Crippen LogP contribution in [-0.2, 0) is 0 Å². The van der Waals surface area contributed by atoms with Crippen LogP contribution in [0.2, 0.25) is 0 Å². The number of thiophene rings is 1. The number of nitrogens with one attached hydrogen (secondary N) is 2. The first-order chi connectivity index (χ1) is 11.1. The molecule has 9 heteroatoms. The van der Waals surface area contributed by atoms with Gasteiger partial charge < -0.3 is 0 Å². The summed E-state index contributed by atoms with van der Waals surface area (Å²) in [6.07, 6.45) is 6.43. The van der Waals surface area contributed by atoms with Crippen molar-refractivity contribution in [2.75, 3.05) is 0 Å². The topological polar surface area (TPSA) is 88.9 Å². The van der Waals surface area contributed by atoms with Gasteiger partial charge in [0, 0.05) is 18.6 Å². The summed E-state index contributed by atoms with van der Waals surface area (Å²) < 4.78 is 2.56. The fourth-order valence-electron chi connectivity index (χ4n) is 1.75. The molecule has 7 nitrogen and oxygen atoms in total. The van der Waals surface area contributed by atoms with E-state index in [1.807, 2.05) is 0 Å². The lowest BCUT2D eigenvalue weighted by atomic mass is 10.3. The average Bonchev–Trinajstić information content (AvgIpc) is 3.24. The van der Waals surface area contributed by atoms with E-state index in [1.165, 1.54) is 17.5 Å². The Morgan fingerprint density at radius 3 is 2.57 bits per heavy atom. The van der Waals surface area contributed by atoms with Crippen LogP contribution in [0, 0.1) is 0 Å². The Kier molecular flexibility index (Phi) is 4.49. The van der Waals surface area contributed by atoms with Crippen LogP contribution in [0.1, 0.15) is 20.0 Å². The van der Waals surface area contributed by atoms with Crippen molar-refractivity contribution < 1.29 is 9.59 Å². The zero-order valence-electron chi connectivity index (χ0n) is 11.6. The van der Waals surface area contributed by atoms with Gasteiger partial charge in [-0.3, -0.25) is 25.0 Å². The van der Waals surface area contributed by atoms with E-state index in [0.717, 1.165) is 3.79 Å². The summed E-state index contributed by atoms with van der Waals surface area (Å²) in [6, 6.07) is 6.73. The van der Waals surface area contributed by atoms with Crippen LogP contribution in [0.25, 0.3) is 5.82 Å². The Balaban J connectivity index is 1.61. The quantitative estimate of drug-likeness (QED) is 0.669. The van der Waals surface area contributed by atoms with Crippen molar-refractivity contribution in [3.8, 4) is 5.82 Å². The zero-order valence-corrected chi connectivity index (χ0v) is 14.0. The van der Waals surface area contributed by atoms with Gasteiger partial charge in [0.25, 0.3) is 11.8 Å². The number of carbonyl (C=O) groups is 2. The maximum atomic E-state index is 12.0. The van der Waals surface area contributed by atoms with Gasteiger partial charge in [-0.15, -0.1) is 11.3 Å². The minimum Gasteiger partial charge on any atom is -0.291 e. The van der Waals surface area contributed by atoms with E-state index in [-0.39, 0.29) is 5.91 Å². The van der Waals surface area contributed by atoms with Gasteiger partial charge in [0.2, 0.25) is 0 Å². The van der Waals surface area contributed by atoms with Gasteiger partial charge in [0.1, 0.15) is 12.1 Å². The summed E-state index contributed by atoms with van der Waals surface area (Å²) in [5.41, 5.74) is 5.05. The van der Waals surface area contributed by atoms with E-state index in [0.29, 0.717) is 16.3 Å². The molecule has 0 saturated carbocycles. The van der Waals surface area contributed by atoms with Gasteiger partial charge in [-0.2, -0.15) is 0 Å². The van der Waals surface area contributed by atoms with Gasteiger partial charge in [0.15, 0.2) is 0 Å². The number of amides is 2. The largest absolute Gasteiger partial charge is 0.291 e. The Morgan fingerprint density at radius 2 is 1.96 bits per heavy atom. The molecule has 3 aromatic rings. The highest BCUT2D eigenvalue weighted by molar-refractivity contribution is 9.11.